The van der Waals surface area contributed by atoms with Crippen LogP contribution in [0.3, 0.4) is 0 Å². The van der Waals surface area contributed by atoms with Crippen LogP contribution in [0, 0.1) is 0 Å². The summed E-state index contributed by atoms with van der Waals surface area (Å²) in [4.78, 5) is 15.6. The van der Waals surface area contributed by atoms with E-state index in [-0.39, 0.29) is 16.6 Å². The highest BCUT2D eigenvalue weighted by atomic mass is 19.4. The molecular formula is C18H12F3NO3. The van der Waals surface area contributed by atoms with Crippen molar-refractivity contribution in [3.8, 4) is 17.0 Å². The van der Waals surface area contributed by atoms with E-state index in [1.165, 1.54) is 25.3 Å². The number of carboxylic acid groups (broad SMARTS) is 1. The molecule has 1 aromatic heterocycles. The molecule has 25 heavy (non-hydrogen) atoms. The van der Waals surface area contributed by atoms with Crippen LogP contribution >= 0.6 is 0 Å². The van der Waals surface area contributed by atoms with Crippen molar-refractivity contribution in [1.29, 1.82) is 0 Å². The van der Waals surface area contributed by atoms with Gasteiger partial charge in [-0.05, 0) is 24.3 Å². The number of nitrogens with zero attached hydrogens (tertiary/aromatic N) is 1. The van der Waals surface area contributed by atoms with Gasteiger partial charge in [0.25, 0.3) is 0 Å². The van der Waals surface area contributed by atoms with Crippen molar-refractivity contribution < 1.29 is 27.8 Å². The fourth-order valence-electron chi connectivity index (χ4n) is 2.58. The first-order valence-corrected chi connectivity index (χ1v) is 7.20. The van der Waals surface area contributed by atoms with Crippen LogP contribution in [0.5, 0.6) is 5.75 Å². The molecule has 0 radical (unpaired) electrons. The second-order valence-corrected chi connectivity index (χ2v) is 5.29. The van der Waals surface area contributed by atoms with Gasteiger partial charge in [-0.1, -0.05) is 24.3 Å². The molecule has 3 aromatic rings. The number of pyridine rings is 1. The summed E-state index contributed by atoms with van der Waals surface area (Å²) in [5.41, 5.74) is -1.03. The molecule has 2 aromatic carbocycles. The van der Waals surface area contributed by atoms with E-state index in [9.17, 15) is 23.1 Å². The van der Waals surface area contributed by atoms with Gasteiger partial charge < -0.3 is 9.84 Å². The lowest BCUT2D eigenvalue weighted by atomic mass is 10.0. The SMILES string of the molecule is COc1cccc(-c2cc(C(=O)O)c3cccc(C(F)(F)F)c3n2)c1. The Balaban J connectivity index is 2.36. The first kappa shape index (κ1) is 16.8. The van der Waals surface area contributed by atoms with E-state index in [1.54, 1.807) is 24.3 Å². The van der Waals surface area contributed by atoms with Crippen LogP contribution < -0.4 is 4.74 Å². The van der Waals surface area contributed by atoms with E-state index in [1.807, 2.05) is 0 Å². The molecule has 3 rings (SSSR count). The summed E-state index contributed by atoms with van der Waals surface area (Å²) in [6, 6.07) is 11.2. The summed E-state index contributed by atoms with van der Waals surface area (Å²) in [6.45, 7) is 0. The number of methoxy groups -OCH3 is 1. The number of ether oxygens (including phenoxy) is 1. The average Bonchev–Trinajstić information content (AvgIpc) is 2.59. The van der Waals surface area contributed by atoms with Gasteiger partial charge >= 0.3 is 12.1 Å². The number of fused-ring (bicyclic) bond motifs is 1. The Kier molecular flexibility index (Phi) is 4.08. The predicted molar refractivity (Wildman–Crippen MR) is 85.7 cm³/mol. The van der Waals surface area contributed by atoms with Gasteiger partial charge in [0.2, 0.25) is 0 Å². The Labute approximate surface area is 140 Å². The summed E-state index contributed by atoms with van der Waals surface area (Å²) < 4.78 is 45.0. The number of rotatable bonds is 3. The number of para-hydroxylation sites is 1. The number of halogens is 3. The zero-order valence-corrected chi connectivity index (χ0v) is 13.0. The van der Waals surface area contributed by atoms with Crippen LogP contribution in [0.1, 0.15) is 15.9 Å². The second-order valence-electron chi connectivity index (χ2n) is 5.29. The molecule has 1 heterocycles. The standard InChI is InChI=1S/C18H12F3NO3/c1-25-11-5-2-4-10(8-11)15-9-13(17(23)24)12-6-3-7-14(16(12)22-15)18(19,20)21/h2-9H,1H3,(H,23,24). The van der Waals surface area contributed by atoms with Crippen molar-refractivity contribution in [2.24, 2.45) is 0 Å². The van der Waals surface area contributed by atoms with Crippen molar-refractivity contribution in [3.63, 3.8) is 0 Å². The van der Waals surface area contributed by atoms with E-state index in [0.717, 1.165) is 6.07 Å². The Morgan fingerprint density at radius 1 is 1.12 bits per heavy atom. The smallest absolute Gasteiger partial charge is 0.418 e. The maximum Gasteiger partial charge on any atom is 0.418 e. The van der Waals surface area contributed by atoms with Crippen molar-refractivity contribution in [2.75, 3.05) is 7.11 Å². The fourth-order valence-corrected chi connectivity index (χ4v) is 2.58. The van der Waals surface area contributed by atoms with Gasteiger partial charge in [-0.3, -0.25) is 0 Å². The summed E-state index contributed by atoms with van der Waals surface area (Å²) in [6.07, 6.45) is -4.64. The lowest BCUT2D eigenvalue weighted by Crippen LogP contribution is -2.09. The largest absolute Gasteiger partial charge is 0.497 e. The molecule has 0 unspecified atom stereocenters. The lowest BCUT2D eigenvalue weighted by molar-refractivity contribution is -0.136. The van der Waals surface area contributed by atoms with Gasteiger partial charge in [0.15, 0.2) is 0 Å². The third kappa shape index (κ3) is 3.13. The highest BCUT2D eigenvalue weighted by Crippen LogP contribution is 2.36. The highest BCUT2D eigenvalue weighted by molar-refractivity contribution is 6.04. The molecule has 0 spiro atoms. The van der Waals surface area contributed by atoms with Crippen LogP contribution in [0.25, 0.3) is 22.2 Å². The Hall–Kier alpha value is -3.09. The Morgan fingerprint density at radius 3 is 2.48 bits per heavy atom. The van der Waals surface area contributed by atoms with E-state index in [0.29, 0.717) is 11.3 Å². The molecule has 0 saturated carbocycles. The monoisotopic (exact) mass is 347 g/mol. The first-order chi connectivity index (χ1) is 11.8. The molecule has 0 fully saturated rings. The zero-order chi connectivity index (χ0) is 18.2. The lowest BCUT2D eigenvalue weighted by Gasteiger charge is -2.13. The molecule has 128 valence electrons. The predicted octanol–water partition coefficient (Wildman–Crippen LogP) is 4.63. The topological polar surface area (TPSA) is 59.4 Å². The van der Waals surface area contributed by atoms with Crippen molar-refractivity contribution in [1.82, 2.24) is 4.98 Å². The van der Waals surface area contributed by atoms with Gasteiger partial charge in [-0.25, -0.2) is 9.78 Å². The molecule has 1 N–H and O–H groups in total. The molecule has 0 aliphatic carbocycles. The minimum atomic E-state index is -4.64. The van der Waals surface area contributed by atoms with E-state index < -0.39 is 23.2 Å². The maximum absolute atomic E-state index is 13.3. The summed E-state index contributed by atoms with van der Waals surface area (Å²) in [5.74, 6) is -0.837. The number of alkyl halides is 3. The third-order valence-electron chi connectivity index (χ3n) is 3.74. The number of aromatic carboxylic acids is 1. The Morgan fingerprint density at radius 2 is 1.84 bits per heavy atom. The molecule has 0 saturated heterocycles. The van der Waals surface area contributed by atoms with Gasteiger partial charge in [0, 0.05) is 10.9 Å². The highest BCUT2D eigenvalue weighted by Gasteiger charge is 2.34. The third-order valence-corrected chi connectivity index (χ3v) is 3.74. The van der Waals surface area contributed by atoms with Crippen molar-refractivity contribution in [2.45, 2.75) is 6.18 Å². The first-order valence-electron chi connectivity index (χ1n) is 7.20. The number of carbonyl (C=O) groups is 1. The summed E-state index contributed by atoms with van der Waals surface area (Å²) in [5, 5.41) is 9.35. The van der Waals surface area contributed by atoms with Crippen LogP contribution in [0.15, 0.2) is 48.5 Å². The molecule has 0 bridgehead atoms. The van der Waals surface area contributed by atoms with E-state index >= 15 is 0 Å². The molecule has 7 heteroatoms. The number of aromatic nitrogens is 1. The summed E-state index contributed by atoms with van der Waals surface area (Å²) in [7, 11) is 1.46. The zero-order valence-electron chi connectivity index (χ0n) is 13.0. The normalized spacial score (nSPS) is 11.5. The number of carboxylic acids is 1. The van der Waals surface area contributed by atoms with Crippen LogP contribution in [-0.2, 0) is 6.18 Å². The van der Waals surface area contributed by atoms with Gasteiger partial charge in [-0.2, -0.15) is 13.2 Å². The van der Waals surface area contributed by atoms with Crippen LogP contribution in [0.2, 0.25) is 0 Å². The molecule has 0 atom stereocenters. The summed E-state index contributed by atoms with van der Waals surface area (Å²) >= 11 is 0. The second kappa shape index (κ2) is 6.08. The minimum absolute atomic E-state index is 0.0611. The maximum atomic E-state index is 13.3. The Bertz CT molecular complexity index is 967. The molecule has 4 nitrogen and oxygen atoms in total. The van der Waals surface area contributed by atoms with Crippen molar-refractivity contribution >= 4 is 16.9 Å². The number of hydrogen-bond acceptors (Lipinski definition) is 3. The number of benzene rings is 2. The fraction of sp³-hybridized carbons (Fsp3) is 0.111. The van der Waals surface area contributed by atoms with Crippen LogP contribution in [0.4, 0.5) is 13.2 Å². The van der Waals surface area contributed by atoms with Gasteiger partial charge in [0.05, 0.1) is 29.4 Å². The van der Waals surface area contributed by atoms with Gasteiger partial charge in [0.1, 0.15) is 5.75 Å². The van der Waals surface area contributed by atoms with E-state index in [4.69, 9.17) is 4.74 Å². The van der Waals surface area contributed by atoms with Crippen LogP contribution in [-0.4, -0.2) is 23.2 Å². The number of hydrogen-bond donors (Lipinski definition) is 1. The van der Waals surface area contributed by atoms with Crippen molar-refractivity contribution in [3.05, 3.63) is 59.7 Å². The molecule has 0 aliphatic heterocycles. The average molecular weight is 347 g/mol. The van der Waals surface area contributed by atoms with E-state index in [2.05, 4.69) is 4.98 Å². The molecular weight excluding hydrogens is 335 g/mol. The molecule has 0 amide bonds. The molecule has 0 aliphatic rings. The quantitative estimate of drug-likeness (QED) is 0.751. The van der Waals surface area contributed by atoms with Gasteiger partial charge in [-0.15, -0.1) is 0 Å². The minimum Gasteiger partial charge on any atom is -0.497 e.